The molecule has 0 spiro atoms. The van der Waals surface area contributed by atoms with Crippen molar-refractivity contribution in [2.75, 3.05) is 5.32 Å². The van der Waals surface area contributed by atoms with E-state index in [1.807, 2.05) is 43.5 Å². The summed E-state index contributed by atoms with van der Waals surface area (Å²) in [7, 11) is 0. The minimum atomic E-state index is 0.547. The predicted octanol–water partition coefficient (Wildman–Crippen LogP) is 5.71. The van der Waals surface area contributed by atoms with Crippen molar-refractivity contribution in [3.63, 3.8) is 0 Å². The highest BCUT2D eigenvalue weighted by Gasteiger charge is 2.11. The molecule has 2 aromatic heterocycles. The van der Waals surface area contributed by atoms with E-state index in [4.69, 9.17) is 23.2 Å². The normalized spacial score (nSPS) is 10.8. The summed E-state index contributed by atoms with van der Waals surface area (Å²) in [6, 6.07) is 9.28. The highest BCUT2D eigenvalue weighted by molar-refractivity contribution is 6.33. The number of pyridine rings is 1. The van der Waals surface area contributed by atoms with E-state index in [9.17, 15) is 0 Å². The third kappa shape index (κ3) is 3.71. The third-order valence-corrected chi connectivity index (χ3v) is 4.11. The number of imidazole rings is 1. The molecule has 3 rings (SSSR count). The first kappa shape index (κ1) is 16.8. The first-order valence-corrected chi connectivity index (χ1v) is 8.54. The maximum Gasteiger partial charge on any atom is 0.149 e. The third-order valence-electron chi connectivity index (χ3n) is 3.57. The maximum absolute atomic E-state index is 6.41. The van der Waals surface area contributed by atoms with Gasteiger partial charge >= 0.3 is 0 Å². The summed E-state index contributed by atoms with van der Waals surface area (Å²) in [6.07, 6.45) is 4.88. The van der Waals surface area contributed by atoms with E-state index in [1.165, 1.54) is 0 Å². The lowest BCUT2D eigenvalue weighted by Crippen LogP contribution is -2.00. The topological polar surface area (TPSA) is 42.7 Å². The Hall–Kier alpha value is -2.04. The lowest BCUT2D eigenvalue weighted by atomic mass is 10.2. The average molecular weight is 361 g/mol. The van der Waals surface area contributed by atoms with Crippen LogP contribution in [0.15, 0.2) is 42.7 Å². The van der Waals surface area contributed by atoms with Gasteiger partial charge in [0.2, 0.25) is 0 Å². The van der Waals surface area contributed by atoms with Gasteiger partial charge in [-0.3, -0.25) is 0 Å². The Morgan fingerprint density at radius 1 is 1.17 bits per heavy atom. The van der Waals surface area contributed by atoms with E-state index in [-0.39, 0.29) is 0 Å². The highest BCUT2D eigenvalue weighted by Crippen LogP contribution is 2.28. The van der Waals surface area contributed by atoms with E-state index < -0.39 is 0 Å². The minimum Gasteiger partial charge on any atom is -0.339 e. The van der Waals surface area contributed by atoms with Crippen molar-refractivity contribution in [1.29, 1.82) is 0 Å². The van der Waals surface area contributed by atoms with Gasteiger partial charge in [0, 0.05) is 35.2 Å². The van der Waals surface area contributed by atoms with Crippen molar-refractivity contribution >= 4 is 34.7 Å². The van der Waals surface area contributed by atoms with Gasteiger partial charge in [0.1, 0.15) is 11.6 Å². The van der Waals surface area contributed by atoms with Crippen LogP contribution in [0.5, 0.6) is 0 Å². The molecule has 0 saturated heterocycles. The lowest BCUT2D eigenvalue weighted by molar-refractivity contribution is 0.685. The Labute approximate surface area is 151 Å². The summed E-state index contributed by atoms with van der Waals surface area (Å²) < 4.78 is 2.13. The zero-order valence-corrected chi connectivity index (χ0v) is 15.1. The fourth-order valence-electron chi connectivity index (χ4n) is 2.51. The molecule has 0 aliphatic rings. The van der Waals surface area contributed by atoms with Crippen molar-refractivity contribution in [3.8, 4) is 11.4 Å². The molecule has 1 aromatic carbocycles. The molecule has 0 bridgehead atoms. The molecule has 0 amide bonds. The Morgan fingerprint density at radius 2 is 1.92 bits per heavy atom. The predicted molar refractivity (Wildman–Crippen MR) is 100 cm³/mol. The van der Waals surface area contributed by atoms with Crippen LogP contribution in [0.1, 0.15) is 19.0 Å². The molecule has 3 aromatic rings. The monoisotopic (exact) mass is 360 g/mol. The van der Waals surface area contributed by atoms with Crippen LogP contribution in [-0.4, -0.2) is 14.5 Å². The van der Waals surface area contributed by atoms with Crippen molar-refractivity contribution in [2.45, 2.75) is 26.8 Å². The number of rotatable bonds is 5. The first-order chi connectivity index (χ1) is 11.6. The Bertz CT molecular complexity index is 841. The number of benzene rings is 1. The van der Waals surface area contributed by atoms with Crippen molar-refractivity contribution in [2.24, 2.45) is 0 Å². The van der Waals surface area contributed by atoms with Gasteiger partial charge in [-0.2, -0.15) is 0 Å². The van der Waals surface area contributed by atoms with Gasteiger partial charge in [0.25, 0.3) is 0 Å². The number of hydrogen-bond donors (Lipinski definition) is 1. The Kier molecular flexibility index (Phi) is 5.07. The van der Waals surface area contributed by atoms with Gasteiger partial charge in [0.15, 0.2) is 0 Å². The molecular formula is C18H18Cl2N4. The van der Waals surface area contributed by atoms with E-state index in [0.717, 1.165) is 35.7 Å². The largest absolute Gasteiger partial charge is 0.339 e. The Morgan fingerprint density at radius 3 is 2.58 bits per heavy atom. The second kappa shape index (κ2) is 7.24. The quantitative estimate of drug-likeness (QED) is 0.633. The van der Waals surface area contributed by atoms with Gasteiger partial charge in [-0.05, 0) is 43.7 Å². The van der Waals surface area contributed by atoms with Crippen molar-refractivity contribution < 1.29 is 0 Å². The highest BCUT2D eigenvalue weighted by atomic mass is 35.5. The molecular weight excluding hydrogens is 343 g/mol. The van der Waals surface area contributed by atoms with Crippen LogP contribution in [0.25, 0.3) is 11.4 Å². The first-order valence-electron chi connectivity index (χ1n) is 7.79. The number of nitrogens with one attached hydrogen (secondary N) is 1. The number of aromatic nitrogens is 3. The number of halogens is 2. The molecule has 6 heteroatoms. The summed E-state index contributed by atoms with van der Waals surface area (Å²) in [4.78, 5) is 9.05. The second-order valence-corrected chi connectivity index (χ2v) is 6.43. The van der Waals surface area contributed by atoms with E-state index in [0.29, 0.717) is 15.9 Å². The van der Waals surface area contributed by atoms with Gasteiger partial charge < -0.3 is 9.88 Å². The van der Waals surface area contributed by atoms with E-state index in [1.54, 1.807) is 6.20 Å². The van der Waals surface area contributed by atoms with Crippen LogP contribution < -0.4 is 5.32 Å². The molecule has 0 fully saturated rings. The molecule has 2 heterocycles. The molecule has 0 radical (unpaired) electrons. The molecule has 0 saturated carbocycles. The fourth-order valence-corrected chi connectivity index (χ4v) is 2.85. The van der Waals surface area contributed by atoms with E-state index in [2.05, 4.69) is 26.8 Å². The molecule has 0 atom stereocenters. The molecule has 124 valence electrons. The van der Waals surface area contributed by atoms with Crippen LogP contribution in [0, 0.1) is 6.92 Å². The minimum absolute atomic E-state index is 0.547. The number of anilines is 2. The van der Waals surface area contributed by atoms with Crippen molar-refractivity contribution in [1.82, 2.24) is 14.5 Å². The standard InChI is InChI=1S/C18H18Cl2N4/c1-3-8-24-11-12(2)22-18(24)13-9-16(20)17(21-10-13)23-15-6-4-14(19)5-7-15/h4-7,9-11H,3,8H2,1-2H3,(H,21,23). The molecule has 1 N–H and O–H groups in total. The molecule has 4 nitrogen and oxygen atoms in total. The fraction of sp³-hybridized carbons (Fsp3) is 0.222. The van der Waals surface area contributed by atoms with Gasteiger partial charge in [-0.1, -0.05) is 30.1 Å². The smallest absolute Gasteiger partial charge is 0.149 e. The van der Waals surface area contributed by atoms with Crippen LogP contribution in [0.2, 0.25) is 10.0 Å². The number of hydrogen-bond acceptors (Lipinski definition) is 3. The Balaban J connectivity index is 1.88. The van der Waals surface area contributed by atoms with Gasteiger partial charge in [-0.25, -0.2) is 9.97 Å². The maximum atomic E-state index is 6.41. The van der Waals surface area contributed by atoms with Gasteiger partial charge in [-0.15, -0.1) is 0 Å². The zero-order chi connectivity index (χ0) is 17.1. The van der Waals surface area contributed by atoms with Crippen LogP contribution in [0.4, 0.5) is 11.5 Å². The van der Waals surface area contributed by atoms with Crippen molar-refractivity contribution in [3.05, 3.63) is 58.5 Å². The average Bonchev–Trinajstić information content (AvgIpc) is 2.92. The van der Waals surface area contributed by atoms with Gasteiger partial charge in [0.05, 0.1) is 10.7 Å². The zero-order valence-electron chi connectivity index (χ0n) is 13.6. The van der Waals surface area contributed by atoms with Crippen LogP contribution in [-0.2, 0) is 6.54 Å². The summed E-state index contributed by atoms with van der Waals surface area (Å²) >= 11 is 12.3. The summed E-state index contributed by atoms with van der Waals surface area (Å²) in [5, 5.41) is 4.43. The SMILES string of the molecule is CCCn1cc(C)nc1-c1cnc(Nc2ccc(Cl)cc2)c(Cl)c1. The molecule has 0 aliphatic carbocycles. The van der Waals surface area contributed by atoms with E-state index >= 15 is 0 Å². The lowest BCUT2D eigenvalue weighted by Gasteiger charge is -2.10. The summed E-state index contributed by atoms with van der Waals surface area (Å²) in [6.45, 7) is 5.04. The molecule has 0 unspecified atom stereocenters. The van der Waals surface area contributed by atoms with Crippen LogP contribution >= 0.6 is 23.2 Å². The number of aryl methyl sites for hydroxylation is 2. The molecule has 24 heavy (non-hydrogen) atoms. The number of nitrogens with zero attached hydrogens (tertiary/aromatic N) is 3. The van der Waals surface area contributed by atoms with Crippen LogP contribution in [0.3, 0.4) is 0 Å². The summed E-state index contributed by atoms with van der Waals surface area (Å²) in [5.74, 6) is 1.50. The molecule has 0 aliphatic heterocycles. The summed E-state index contributed by atoms with van der Waals surface area (Å²) in [5.41, 5.74) is 2.77. The second-order valence-electron chi connectivity index (χ2n) is 5.59.